The second-order valence-electron chi connectivity index (χ2n) is 8.18. The fourth-order valence-electron chi connectivity index (χ4n) is 3.35. The van der Waals surface area contributed by atoms with E-state index < -0.39 is 51.0 Å². The molecular weight excluding hydrogens is 490 g/mol. The zero-order valence-corrected chi connectivity index (χ0v) is 18.8. The number of ether oxygens (including phenoxy) is 1. The van der Waals surface area contributed by atoms with Crippen molar-refractivity contribution in [3.05, 3.63) is 53.3 Å². The summed E-state index contributed by atoms with van der Waals surface area (Å²) in [5.74, 6) is -1.17. The predicted octanol–water partition coefficient (Wildman–Crippen LogP) is 4.67. The first-order chi connectivity index (χ1) is 15.5. The molecule has 0 fully saturated rings. The molecule has 0 atom stereocenters. The van der Waals surface area contributed by atoms with E-state index in [4.69, 9.17) is 0 Å². The van der Waals surface area contributed by atoms with Gasteiger partial charge in [0.25, 0.3) is 10.0 Å². The first-order valence-electron chi connectivity index (χ1n) is 9.99. The Balaban J connectivity index is 1.92. The Labute approximate surface area is 191 Å². The number of rotatable bonds is 5. The molecule has 0 bridgehead atoms. The number of aryl methyl sites for hydroxylation is 1. The van der Waals surface area contributed by atoms with Crippen molar-refractivity contribution >= 4 is 21.7 Å². The summed E-state index contributed by atoms with van der Waals surface area (Å²) >= 11 is 0. The van der Waals surface area contributed by atoms with Crippen LogP contribution < -0.4 is 4.31 Å². The average molecular weight is 510 g/mol. The number of esters is 1. The van der Waals surface area contributed by atoms with Crippen molar-refractivity contribution in [1.82, 2.24) is 4.98 Å². The minimum atomic E-state index is -4.84. The molecule has 0 saturated heterocycles. The number of carbonyl (C=O) groups excluding carboxylic acids is 1. The van der Waals surface area contributed by atoms with Gasteiger partial charge in [-0.05, 0) is 56.0 Å². The number of alkyl halides is 6. The van der Waals surface area contributed by atoms with Gasteiger partial charge in [0, 0.05) is 12.7 Å². The van der Waals surface area contributed by atoms with Gasteiger partial charge in [-0.15, -0.1) is 0 Å². The molecule has 1 aromatic heterocycles. The van der Waals surface area contributed by atoms with Crippen LogP contribution in [0, 0.1) is 0 Å². The van der Waals surface area contributed by atoms with Gasteiger partial charge in [0.15, 0.2) is 0 Å². The van der Waals surface area contributed by atoms with E-state index in [1.54, 1.807) is 0 Å². The Morgan fingerprint density at radius 1 is 1.09 bits per heavy atom. The Morgan fingerprint density at radius 3 is 2.38 bits per heavy atom. The number of benzene rings is 1. The lowest BCUT2D eigenvalue weighted by Gasteiger charge is -2.31. The van der Waals surface area contributed by atoms with Crippen LogP contribution in [0.1, 0.15) is 37.1 Å². The van der Waals surface area contributed by atoms with Gasteiger partial charge in [-0.3, -0.25) is 14.1 Å². The van der Waals surface area contributed by atoms with Crippen LogP contribution in [0.25, 0.3) is 0 Å². The highest BCUT2D eigenvalue weighted by Crippen LogP contribution is 2.36. The van der Waals surface area contributed by atoms with Gasteiger partial charge < -0.3 is 4.74 Å². The van der Waals surface area contributed by atoms with Gasteiger partial charge in [0.1, 0.15) is 5.69 Å². The van der Waals surface area contributed by atoms with Gasteiger partial charge in [0.2, 0.25) is 5.60 Å². The molecule has 0 aliphatic carbocycles. The first kappa shape index (κ1) is 25.8. The van der Waals surface area contributed by atoms with E-state index in [0.717, 1.165) is 16.6 Å². The second kappa shape index (κ2) is 8.75. The summed E-state index contributed by atoms with van der Waals surface area (Å²) in [6.07, 6.45) is -8.59. The van der Waals surface area contributed by atoms with Gasteiger partial charge in [-0.2, -0.15) is 26.3 Å². The van der Waals surface area contributed by atoms with Crippen molar-refractivity contribution in [2.24, 2.45) is 0 Å². The lowest BCUT2D eigenvalue weighted by Crippen LogP contribution is -2.43. The largest absolute Gasteiger partial charge is 0.450 e. The molecule has 0 saturated carbocycles. The molecule has 3 rings (SSSR count). The molecule has 0 unspecified atom stereocenters. The minimum Gasteiger partial charge on any atom is -0.450 e. The summed E-state index contributed by atoms with van der Waals surface area (Å²) in [6, 6.07) is 5.69. The van der Waals surface area contributed by atoms with Crippen LogP contribution in [-0.4, -0.2) is 37.7 Å². The minimum absolute atomic E-state index is 0.0337. The predicted molar refractivity (Wildman–Crippen MR) is 108 cm³/mol. The summed E-state index contributed by atoms with van der Waals surface area (Å²) in [5, 5.41) is 0. The number of nitrogens with zero attached hydrogens (tertiary/aromatic N) is 2. The smallest absolute Gasteiger partial charge is 0.433 e. The molecule has 1 aliphatic rings. The third kappa shape index (κ3) is 5.29. The zero-order chi connectivity index (χ0) is 25.5. The average Bonchev–Trinajstić information content (AvgIpc) is 2.71. The summed E-state index contributed by atoms with van der Waals surface area (Å²) in [4.78, 5) is 14.7. The molecule has 1 aromatic carbocycles. The second-order valence-corrected chi connectivity index (χ2v) is 10.0. The molecule has 1 aliphatic heterocycles. The Hall–Kier alpha value is -2.83. The monoisotopic (exact) mass is 510 g/mol. The lowest BCUT2D eigenvalue weighted by molar-refractivity contribution is -0.257. The number of halogens is 6. The molecular formula is C21H20F6N2O4S. The number of hydrogen-bond acceptors (Lipinski definition) is 5. The van der Waals surface area contributed by atoms with Crippen LogP contribution in [0.15, 0.2) is 41.4 Å². The SMILES string of the molecule is CC(C)(OC(=O)Cc1ccc2c(c1)N(S(=O)(=O)c1ccnc(C(F)(F)F)c1)CCC2)C(F)(F)F. The summed E-state index contributed by atoms with van der Waals surface area (Å²) in [7, 11) is -4.42. The van der Waals surface area contributed by atoms with E-state index in [2.05, 4.69) is 9.72 Å². The normalized spacial score (nSPS) is 15.1. The highest BCUT2D eigenvalue weighted by molar-refractivity contribution is 7.92. The maximum absolute atomic E-state index is 13.2. The van der Waals surface area contributed by atoms with E-state index in [-0.39, 0.29) is 17.8 Å². The molecule has 0 spiro atoms. The molecule has 0 amide bonds. The fraction of sp³-hybridized carbons (Fsp3) is 0.429. The lowest BCUT2D eigenvalue weighted by atomic mass is 10.00. The zero-order valence-electron chi connectivity index (χ0n) is 18.0. The molecule has 2 heterocycles. The molecule has 0 N–H and O–H groups in total. The number of fused-ring (bicyclic) bond motifs is 1. The van der Waals surface area contributed by atoms with Gasteiger partial charge >= 0.3 is 18.3 Å². The van der Waals surface area contributed by atoms with E-state index in [1.807, 2.05) is 0 Å². The van der Waals surface area contributed by atoms with Gasteiger partial charge in [-0.25, -0.2) is 8.42 Å². The number of sulfonamides is 1. The van der Waals surface area contributed by atoms with E-state index in [9.17, 15) is 39.6 Å². The van der Waals surface area contributed by atoms with E-state index in [1.165, 1.54) is 18.2 Å². The molecule has 2 aromatic rings. The van der Waals surface area contributed by atoms with Crippen LogP contribution in [0.5, 0.6) is 0 Å². The van der Waals surface area contributed by atoms with E-state index >= 15 is 0 Å². The summed E-state index contributed by atoms with van der Waals surface area (Å²) in [6.45, 7) is 1.37. The van der Waals surface area contributed by atoms with Crippen LogP contribution in [-0.2, 0) is 38.6 Å². The van der Waals surface area contributed by atoms with Crippen LogP contribution in [0.2, 0.25) is 0 Å². The number of hydrogen-bond donors (Lipinski definition) is 0. The Kier molecular flexibility index (Phi) is 6.64. The number of aromatic nitrogens is 1. The van der Waals surface area contributed by atoms with Crippen LogP contribution in [0.3, 0.4) is 0 Å². The molecule has 6 nitrogen and oxygen atoms in total. The molecule has 0 radical (unpaired) electrons. The number of anilines is 1. The maximum Gasteiger partial charge on any atom is 0.433 e. The van der Waals surface area contributed by atoms with Crippen molar-refractivity contribution in [3.8, 4) is 0 Å². The number of pyridine rings is 1. The molecule has 34 heavy (non-hydrogen) atoms. The van der Waals surface area contributed by atoms with Crippen molar-refractivity contribution < 1.29 is 44.3 Å². The molecule has 13 heteroatoms. The standard InChI is InChI=1S/C21H20F6N2O4S/c1-19(2,21(25,26)27)33-18(30)11-13-5-6-14-4-3-9-29(16(14)10-13)34(31,32)15-7-8-28-17(12-15)20(22,23)24/h5-8,10,12H,3-4,9,11H2,1-2H3. The summed E-state index contributed by atoms with van der Waals surface area (Å²) < 4.78 is 110. The maximum atomic E-state index is 13.2. The highest BCUT2D eigenvalue weighted by Gasteiger charge is 2.50. The van der Waals surface area contributed by atoms with Crippen molar-refractivity contribution in [1.29, 1.82) is 0 Å². The van der Waals surface area contributed by atoms with Gasteiger partial charge in [0.05, 0.1) is 17.0 Å². The van der Waals surface area contributed by atoms with Gasteiger partial charge in [-0.1, -0.05) is 12.1 Å². The summed E-state index contributed by atoms with van der Waals surface area (Å²) in [5.41, 5.74) is -3.20. The Morgan fingerprint density at radius 2 is 1.76 bits per heavy atom. The van der Waals surface area contributed by atoms with Crippen molar-refractivity contribution in [2.75, 3.05) is 10.8 Å². The molecule has 186 valence electrons. The first-order valence-corrected chi connectivity index (χ1v) is 11.4. The quantitative estimate of drug-likeness (QED) is 0.432. The highest BCUT2D eigenvalue weighted by atomic mass is 32.2. The number of carbonyl (C=O) groups is 1. The van der Waals surface area contributed by atoms with Crippen LogP contribution >= 0.6 is 0 Å². The third-order valence-electron chi connectivity index (χ3n) is 5.24. The Bertz CT molecular complexity index is 1190. The van der Waals surface area contributed by atoms with Crippen molar-refractivity contribution in [3.63, 3.8) is 0 Å². The van der Waals surface area contributed by atoms with E-state index in [0.29, 0.717) is 38.3 Å². The third-order valence-corrected chi connectivity index (χ3v) is 7.04. The fourth-order valence-corrected chi connectivity index (χ4v) is 4.89. The van der Waals surface area contributed by atoms with Crippen molar-refractivity contribution in [2.45, 2.75) is 56.0 Å². The van der Waals surface area contributed by atoms with Crippen LogP contribution in [0.4, 0.5) is 32.0 Å². The topological polar surface area (TPSA) is 76.6 Å².